The Morgan fingerprint density at radius 3 is 2.43 bits per heavy atom. The van der Waals surface area contributed by atoms with Crippen LogP contribution in [0.2, 0.25) is 5.02 Å². The number of hydrogen-bond donors (Lipinski definition) is 1. The van der Waals surface area contributed by atoms with Crippen LogP contribution in [-0.4, -0.2) is 47.2 Å². The molecule has 2 aromatic rings. The first-order valence-electron chi connectivity index (χ1n) is 9.25. The van der Waals surface area contributed by atoms with E-state index in [-0.39, 0.29) is 28.9 Å². The summed E-state index contributed by atoms with van der Waals surface area (Å²) >= 11 is 5.67. The van der Waals surface area contributed by atoms with E-state index in [4.69, 9.17) is 21.1 Å². The van der Waals surface area contributed by atoms with Gasteiger partial charge in [0.15, 0.2) is 11.5 Å². The van der Waals surface area contributed by atoms with Crippen molar-refractivity contribution in [1.82, 2.24) is 9.62 Å². The Labute approximate surface area is 187 Å². The van der Waals surface area contributed by atoms with Crippen molar-refractivity contribution in [3.05, 3.63) is 52.3 Å². The lowest BCUT2D eigenvalue weighted by molar-refractivity contribution is 0.250. The van der Waals surface area contributed by atoms with E-state index in [0.717, 1.165) is 43.9 Å². The fraction of sp³-hybridized carbons (Fsp3) is 0.400. The second-order valence-electron chi connectivity index (χ2n) is 6.83. The fourth-order valence-corrected chi connectivity index (χ4v) is 4.71. The average Bonchev–Trinajstić information content (AvgIpc) is 2.71. The molecule has 0 unspecified atom stereocenters. The van der Waals surface area contributed by atoms with E-state index >= 15 is 0 Å². The summed E-state index contributed by atoms with van der Waals surface area (Å²) in [4.78, 5) is 2.23. The molecular formula is C20H25Cl2FN2O4S. The first kappa shape index (κ1) is 24.7. The van der Waals surface area contributed by atoms with Crippen LogP contribution < -0.4 is 14.2 Å². The highest BCUT2D eigenvalue weighted by atomic mass is 35.5. The molecule has 10 heteroatoms. The van der Waals surface area contributed by atoms with Crippen molar-refractivity contribution in [2.24, 2.45) is 0 Å². The maximum atomic E-state index is 13.2. The number of fused-ring (bicyclic) bond motifs is 1. The van der Waals surface area contributed by atoms with Crippen LogP contribution in [0.1, 0.15) is 17.5 Å². The topological polar surface area (TPSA) is 67.9 Å². The van der Waals surface area contributed by atoms with Gasteiger partial charge in [-0.1, -0.05) is 11.6 Å². The van der Waals surface area contributed by atoms with E-state index in [9.17, 15) is 12.8 Å². The molecule has 166 valence electrons. The van der Waals surface area contributed by atoms with Gasteiger partial charge in [-0.25, -0.2) is 17.5 Å². The molecule has 6 nitrogen and oxygen atoms in total. The van der Waals surface area contributed by atoms with E-state index in [1.165, 1.54) is 17.2 Å². The third-order valence-electron chi connectivity index (χ3n) is 4.94. The van der Waals surface area contributed by atoms with E-state index in [1.807, 2.05) is 12.1 Å². The number of sulfonamides is 1. The Hall–Kier alpha value is -1.58. The van der Waals surface area contributed by atoms with Gasteiger partial charge in [0.05, 0.1) is 24.1 Å². The third-order valence-corrected chi connectivity index (χ3v) is 6.69. The van der Waals surface area contributed by atoms with Crippen LogP contribution in [0.15, 0.2) is 35.2 Å². The minimum Gasteiger partial charge on any atom is -0.493 e. The summed E-state index contributed by atoms with van der Waals surface area (Å²) < 4.78 is 51.1. The van der Waals surface area contributed by atoms with Crippen LogP contribution >= 0.6 is 24.0 Å². The Morgan fingerprint density at radius 1 is 1.13 bits per heavy atom. The van der Waals surface area contributed by atoms with Gasteiger partial charge in [0.2, 0.25) is 10.0 Å². The minimum absolute atomic E-state index is 0. The molecule has 0 atom stereocenters. The second-order valence-corrected chi connectivity index (χ2v) is 9.00. The highest BCUT2D eigenvalue weighted by Gasteiger charge is 2.20. The third kappa shape index (κ3) is 5.76. The van der Waals surface area contributed by atoms with Gasteiger partial charge in [-0.15, -0.1) is 12.4 Å². The summed E-state index contributed by atoms with van der Waals surface area (Å²) in [5.74, 6) is 0.791. The van der Waals surface area contributed by atoms with Gasteiger partial charge in [-0.2, -0.15) is 0 Å². The zero-order chi connectivity index (χ0) is 21.0. The summed E-state index contributed by atoms with van der Waals surface area (Å²) in [6, 6.07) is 7.38. The van der Waals surface area contributed by atoms with Crippen molar-refractivity contribution in [1.29, 1.82) is 0 Å². The Kier molecular flexibility index (Phi) is 8.75. The number of benzene rings is 2. The number of nitrogens with zero attached hydrogens (tertiary/aromatic N) is 1. The number of nitrogens with one attached hydrogen (secondary N) is 1. The maximum absolute atomic E-state index is 13.2. The molecule has 1 aliphatic rings. The molecule has 2 aromatic carbocycles. The molecule has 0 saturated heterocycles. The minimum atomic E-state index is -3.72. The molecule has 0 spiro atoms. The highest BCUT2D eigenvalue weighted by molar-refractivity contribution is 7.89. The Morgan fingerprint density at radius 2 is 1.80 bits per heavy atom. The summed E-state index contributed by atoms with van der Waals surface area (Å²) in [6.45, 7) is 2.70. The van der Waals surface area contributed by atoms with E-state index in [2.05, 4.69) is 9.62 Å². The molecule has 0 amide bonds. The molecule has 1 aliphatic heterocycles. The molecule has 0 fully saturated rings. The van der Waals surface area contributed by atoms with Gasteiger partial charge in [0.25, 0.3) is 0 Å². The number of methoxy groups -OCH3 is 2. The zero-order valence-corrected chi connectivity index (χ0v) is 19.2. The predicted molar refractivity (Wildman–Crippen MR) is 117 cm³/mol. The first-order chi connectivity index (χ1) is 13.8. The van der Waals surface area contributed by atoms with Crippen LogP contribution in [0.3, 0.4) is 0 Å². The number of halogens is 3. The van der Waals surface area contributed by atoms with Crippen LogP contribution in [0.4, 0.5) is 4.39 Å². The van der Waals surface area contributed by atoms with E-state index in [1.54, 1.807) is 14.2 Å². The largest absolute Gasteiger partial charge is 0.493 e. The van der Waals surface area contributed by atoms with E-state index in [0.29, 0.717) is 12.2 Å². The number of hydrogen-bond acceptors (Lipinski definition) is 5. The predicted octanol–water partition coefficient (Wildman–Crippen LogP) is 3.64. The SMILES string of the molecule is COc1cc2c(cc1OC)CN(CCCNS(=O)(=O)c1ccc(F)c(Cl)c1)CC2.Cl. The van der Waals surface area contributed by atoms with E-state index < -0.39 is 15.8 Å². The quantitative estimate of drug-likeness (QED) is 0.586. The maximum Gasteiger partial charge on any atom is 0.240 e. The Bertz CT molecular complexity index is 989. The van der Waals surface area contributed by atoms with Crippen molar-refractivity contribution in [2.45, 2.75) is 24.3 Å². The van der Waals surface area contributed by atoms with Crippen LogP contribution in [-0.2, 0) is 23.0 Å². The molecular weight excluding hydrogens is 454 g/mol. The van der Waals surface area contributed by atoms with Crippen LogP contribution in [0.5, 0.6) is 11.5 Å². The van der Waals surface area contributed by atoms with Gasteiger partial charge >= 0.3 is 0 Å². The van der Waals surface area contributed by atoms with Gasteiger partial charge < -0.3 is 9.47 Å². The number of ether oxygens (including phenoxy) is 2. The van der Waals surface area contributed by atoms with Crippen molar-refractivity contribution < 1.29 is 22.3 Å². The average molecular weight is 479 g/mol. The molecule has 0 aliphatic carbocycles. The summed E-state index contributed by atoms with van der Waals surface area (Å²) in [7, 11) is -0.476. The van der Waals surface area contributed by atoms with Gasteiger partial charge in [-0.3, -0.25) is 4.90 Å². The van der Waals surface area contributed by atoms with Crippen molar-refractivity contribution in [2.75, 3.05) is 33.9 Å². The molecule has 30 heavy (non-hydrogen) atoms. The van der Waals surface area contributed by atoms with Gasteiger partial charge in [-0.05, 0) is 60.8 Å². The molecule has 1 heterocycles. The normalized spacial score (nSPS) is 14.0. The summed E-state index contributed by atoms with van der Waals surface area (Å²) in [6.07, 6.45) is 1.55. The summed E-state index contributed by atoms with van der Waals surface area (Å²) in [5, 5.41) is -0.216. The van der Waals surface area contributed by atoms with Crippen LogP contribution in [0.25, 0.3) is 0 Å². The lowest BCUT2D eigenvalue weighted by Gasteiger charge is -2.29. The standard InChI is InChI=1S/C20H24ClFN2O4S.ClH/c1-27-19-10-14-6-9-24(13-15(14)11-20(19)28-2)8-3-7-23-29(25,26)16-4-5-18(22)17(21)12-16;/h4-5,10-12,23H,3,6-9,13H2,1-2H3;1H. The molecule has 0 bridgehead atoms. The smallest absolute Gasteiger partial charge is 0.240 e. The molecule has 3 rings (SSSR count). The monoisotopic (exact) mass is 478 g/mol. The van der Waals surface area contributed by atoms with Gasteiger partial charge in [0, 0.05) is 19.6 Å². The second kappa shape index (κ2) is 10.6. The highest BCUT2D eigenvalue weighted by Crippen LogP contribution is 2.33. The lowest BCUT2D eigenvalue weighted by atomic mass is 9.98. The van der Waals surface area contributed by atoms with Crippen LogP contribution in [0, 0.1) is 5.82 Å². The molecule has 1 N–H and O–H groups in total. The molecule has 0 saturated carbocycles. The molecule has 0 aromatic heterocycles. The zero-order valence-electron chi connectivity index (χ0n) is 16.8. The fourth-order valence-electron chi connectivity index (χ4n) is 3.37. The lowest BCUT2D eigenvalue weighted by Crippen LogP contribution is -2.33. The summed E-state index contributed by atoms with van der Waals surface area (Å²) in [5.41, 5.74) is 2.43. The van der Waals surface area contributed by atoms with Crippen molar-refractivity contribution in [3.8, 4) is 11.5 Å². The Balaban J connectivity index is 0.00000320. The van der Waals surface area contributed by atoms with Gasteiger partial charge in [0.1, 0.15) is 5.82 Å². The number of rotatable bonds is 8. The first-order valence-corrected chi connectivity index (χ1v) is 11.1. The van der Waals surface area contributed by atoms with Crippen molar-refractivity contribution >= 4 is 34.0 Å². The molecule has 0 radical (unpaired) electrons. The van der Waals surface area contributed by atoms with Crippen molar-refractivity contribution in [3.63, 3.8) is 0 Å².